The van der Waals surface area contributed by atoms with Crippen LogP contribution in [0.3, 0.4) is 0 Å². The quantitative estimate of drug-likeness (QED) is 0.870. The number of hydrogen-bond acceptors (Lipinski definition) is 2. The first-order valence-electron chi connectivity index (χ1n) is 8.36. The average Bonchev–Trinajstić information content (AvgIpc) is 3.11. The zero-order valence-electron chi connectivity index (χ0n) is 14.2. The van der Waals surface area contributed by atoms with Gasteiger partial charge >= 0.3 is 0 Å². The van der Waals surface area contributed by atoms with Gasteiger partial charge in [0.2, 0.25) is 5.91 Å². The van der Waals surface area contributed by atoms with E-state index < -0.39 is 0 Å². The van der Waals surface area contributed by atoms with Crippen LogP contribution in [0.25, 0.3) is 0 Å². The molecule has 2 heterocycles. The van der Waals surface area contributed by atoms with Gasteiger partial charge in [0.25, 0.3) is 0 Å². The van der Waals surface area contributed by atoms with Crippen LogP contribution < -0.4 is 0 Å². The number of carbonyl (C=O) groups excluding carboxylic acids is 1. The Labute approximate surface area is 138 Å². The Kier molecular flexibility index (Phi) is 4.51. The predicted octanol–water partition coefficient (Wildman–Crippen LogP) is 3.07. The van der Waals surface area contributed by atoms with Crippen molar-refractivity contribution in [3.05, 3.63) is 53.6 Å². The molecule has 1 aromatic heterocycles. The van der Waals surface area contributed by atoms with Gasteiger partial charge in [-0.2, -0.15) is 0 Å². The summed E-state index contributed by atoms with van der Waals surface area (Å²) in [4.78, 5) is 18.8. The second kappa shape index (κ2) is 6.57. The van der Waals surface area contributed by atoms with E-state index in [0.717, 1.165) is 25.1 Å². The molecule has 0 N–H and O–H groups in total. The highest BCUT2D eigenvalue weighted by Gasteiger charge is 2.32. The summed E-state index contributed by atoms with van der Waals surface area (Å²) in [5.41, 5.74) is 3.74. The molecule has 0 radical (unpaired) electrons. The molecular weight excluding hydrogens is 286 g/mol. The Morgan fingerprint density at radius 2 is 2.04 bits per heavy atom. The zero-order chi connectivity index (χ0) is 16.4. The van der Waals surface area contributed by atoms with Crippen molar-refractivity contribution >= 4 is 5.91 Å². The second-order valence-electron chi connectivity index (χ2n) is 6.73. The normalized spacial score (nSPS) is 20.9. The van der Waals surface area contributed by atoms with Crippen molar-refractivity contribution < 1.29 is 4.79 Å². The fraction of sp³-hybridized carbons (Fsp3) is 0.474. The largest absolute Gasteiger partial charge is 0.339 e. The van der Waals surface area contributed by atoms with Crippen LogP contribution in [0.5, 0.6) is 0 Å². The molecule has 0 bridgehead atoms. The summed E-state index contributed by atoms with van der Waals surface area (Å²) in [5, 5.41) is 0. The second-order valence-corrected chi connectivity index (χ2v) is 6.73. The minimum absolute atomic E-state index is 0.258. The fourth-order valence-corrected chi connectivity index (χ4v) is 3.46. The first-order valence-corrected chi connectivity index (χ1v) is 8.36. The highest BCUT2D eigenvalue weighted by atomic mass is 16.2. The number of aromatic nitrogens is 2. The van der Waals surface area contributed by atoms with Gasteiger partial charge in [-0.25, -0.2) is 4.98 Å². The smallest absolute Gasteiger partial charge is 0.223 e. The molecule has 23 heavy (non-hydrogen) atoms. The summed E-state index contributed by atoms with van der Waals surface area (Å²) < 4.78 is 1.98. The van der Waals surface area contributed by atoms with E-state index in [4.69, 9.17) is 0 Å². The van der Waals surface area contributed by atoms with Crippen molar-refractivity contribution in [3.8, 4) is 0 Å². The van der Waals surface area contributed by atoms with E-state index >= 15 is 0 Å². The van der Waals surface area contributed by atoms with Crippen LogP contribution in [-0.4, -0.2) is 32.9 Å². The molecule has 122 valence electrons. The summed E-state index contributed by atoms with van der Waals surface area (Å²) in [6, 6.07) is 9.05. The molecule has 1 aliphatic rings. The van der Waals surface area contributed by atoms with Crippen molar-refractivity contribution in [1.29, 1.82) is 0 Å². The minimum Gasteiger partial charge on any atom is -0.339 e. The Morgan fingerprint density at radius 1 is 1.30 bits per heavy atom. The van der Waals surface area contributed by atoms with Crippen LogP contribution in [0.2, 0.25) is 0 Å². The standard InChI is InChI=1S/C19H25N3O/c1-14-4-6-16(7-5-14)17-10-15(2)22(12-17)19(23)9-8-18-11-20-13-21(18)3/h4-7,11,13,15,17H,8-10,12H2,1-3H3/t15-,17-/m1/s1. The summed E-state index contributed by atoms with van der Waals surface area (Å²) >= 11 is 0. The predicted molar refractivity (Wildman–Crippen MR) is 91.2 cm³/mol. The average molecular weight is 311 g/mol. The van der Waals surface area contributed by atoms with Gasteiger partial charge in [-0.3, -0.25) is 4.79 Å². The lowest BCUT2D eigenvalue weighted by Crippen LogP contribution is -2.34. The van der Waals surface area contributed by atoms with Crippen molar-refractivity contribution in [2.45, 2.75) is 45.1 Å². The summed E-state index contributed by atoms with van der Waals surface area (Å²) in [5.74, 6) is 0.722. The number of aryl methyl sites for hydroxylation is 3. The monoisotopic (exact) mass is 311 g/mol. The molecule has 0 aliphatic carbocycles. The Morgan fingerprint density at radius 3 is 2.70 bits per heavy atom. The lowest BCUT2D eigenvalue weighted by atomic mass is 9.96. The molecule has 1 aliphatic heterocycles. The number of benzene rings is 1. The van der Waals surface area contributed by atoms with Gasteiger partial charge < -0.3 is 9.47 Å². The molecule has 1 saturated heterocycles. The number of amides is 1. The lowest BCUT2D eigenvalue weighted by molar-refractivity contribution is -0.131. The highest BCUT2D eigenvalue weighted by molar-refractivity contribution is 5.77. The van der Waals surface area contributed by atoms with Crippen molar-refractivity contribution in [2.75, 3.05) is 6.54 Å². The van der Waals surface area contributed by atoms with E-state index in [9.17, 15) is 4.79 Å². The molecule has 0 unspecified atom stereocenters. The molecule has 1 aromatic carbocycles. The molecule has 2 atom stereocenters. The number of hydrogen-bond donors (Lipinski definition) is 0. The summed E-state index contributed by atoms with van der Waals surface area (Å²) in [7, 11) is 1.97. The van der Waals surface area contributed by atoms with Crippen LogP contribution in [0.1, 0.15) is 42.5 Å². The minimum atomic E-state index is 0.258. The fourth-order valence-electron chi connectivity index (χ4n) is 3.46. The topological polar surface area (TPSA) is 38.1 Å². The molecule has 3 rings (SSSR count). The molecule has 0 spiro atoms. The van der Waals surface area contributed by atoms with Gasteiger partial charge in [-0.1, -0.05) is 29.8 Å². The van der Waals surface area contributed by atoms with E-state index in [0.29, 0.717) is 18.4 Å². The van der Waals surface area contributed by atoms with E-state index in [1.807, 2.05) is 17.8 Å². The van der Waals surface area contributed by atoms with E-state index in [1.165, 1.54) is 11.1 Å². The highest BCUT2D eigenvalue weighted by Crippen LogP contribution is 2.32. The maximum absolute atomic E-state index is 12.6. The number of imidazole rings is 1. The SMILES string of the molecule is Cc1ccc([C@@H]2C[C@@H](C)N(C(=O)CCc3cncn3C)C2)cc1. The van der Waals surface area contributed by atoms with Crippen molar-refractivity contribution in [1.82, 2.24) is 14.5 Å². The lowest BCUT2D eigenvalue weighted by Gasteiger charge is -2.21. The molecule has 4 heteroatoms. The van der Waals surface area contributed by atoms with E-state index in [-0.39, 0.29) is 5.91 Å². The molecular formula is C19H25N3O. The Hall–Kier alpha value is -2.10. The Bertz CT molecular complexity index is 674. The number of nitrogens with zero attached hydrogens (tertiary/aromatic N) is 3. The van der Waals surface area contributed by atoms with Gasteiger partial charge in [-0.15, -0.1) is 0 Å². The van der Waals surface area contributed by atoms with E-state index in [1.54, 1.807) is 6.33 Å². The van der Waals surface area contributed by atoms with Crippen LogP contribution in [0.4, 0.5) is 0 Å². The molecule has 1 fully saturated rings. The van der Waals surface area contributed by atoms with Gasteiger partial charge in [0.15, 0.2) is 0 Å². The third kappa shape index (κ3) is 3.46. The van der Waals surface area contributed by atoms with Gasteiger partial charge in [0, 0.05) is 43.9 Å². The number of carbonyl (C=O) groups is 1. The third-order valence-corrected chi connectivity index (χ3v) is 4.96. The van der Waals surface area contributed by atoms with Gasteiger partial charge in [0.1, 0.15) is 0 Å². The third-order valence-electron chi connectivity index (χ3n) is 4.96. The maximum atomic E-state index is 12.6. The maximum Gasteiger partial charge on any atom is 0.223 e. The molecule has 0 saturated carbocycles. The summed E-state index contributed by atoms with van der Waals surface area (Å²) in [6.07, 6.45) is 6.00. The Balaban J connectivity index is 1.60. The first-order chi connectivity index (χ1) is 11.0. The van der Waals surface area contributed by atoms with Crippen molar-refractivity contribution in [3.63, 3.8) is 0 Å². The van der Waals surface area contributed by atoms with Crippen LogP contribution in [-0.2, 0) is 18.3 Å². The van der Waals surface area contributed by atoms with Crippen LogP contribution >= 0.6 is 0 Å². The number of rotatable bonds is 4. The van der Waals surface area contributed by atoms with Crippen molar-refractivity contribution in [2.24, 2.45) is 7.05 Å². The summed E-state index contributed by atoms with van der Waals surface area (Å²) in [6.45, 7) is 5.11. The molecule has 4 nitrogen and oxygen atoms in total. The van der Waals surface area contributed by atoms with Crippen LogP contribution in [0.15, 0.2) is 36.8 Å². The van der Waals surface area contributed by atoms with Crippen LogP contribution in [0, 0.1) is 6.92 Å². The zero-order valence-corrected chi connectivity index (χ0v) is 14.2. The van der Waals surface area contributed by atoms with Gasteiger partial charge in [0.05, 0.1) is 6.33 Å². The van der Waals surface area contributed by atoms with E-state index in [2.05, 4.69) is 48.0 Å². The molecule has 2 aromatic rings. The van der Waals surface area contributed by atoms with Gasteiger partial charge in [-0.05, 0) is 32.3 Å². The number of likely N-dealkylation sites (tertiary alicyclic amines) is 1. The molecule has 1 amide bonds. The first kappa shape index (κ1) is 15.8.